The van der Waals surface area contributed by atoms with E-state index >= 15 is 0 Å². The highest BCUT2D eigenvalue weighted by Crippen LogP contribution is 2.34. The van der Waals surface area contributed by atoms with Crippen molar-refractivity contribution in [3.63, 3.8) is 0 Å². The Balaban J connectivity index is 2.17. The third-order valence-corrected chi connectivity index (χ3v) is 3.53. The number of rotatable bonds is 2. The van der Waals surface area contributed by atoms with Gasteiger partial charge in [-0.25, -0.2) is 4.39 Å². The molecule has 1 aromatic carbocycles. The highest BCUT2D eigenvalue weighted by atomic mass is 35.5. The molecule has 1 saturated carbocycles. The van der Waals surface area contributed by atoms with Gasteiger partial charge in [0.2, 0.25) is 0 Å². The maximum Gasteiger partial charge on any atom is 0.141 e. The largest absolute Gasteiger partial charge is 0.324 e. The molecular weight excluding hydrogens is 213 g/mol. The summed E-state index contributed by atoms with van der Waals surface area (Å²) in [5.41, 5.74) is 7.09. The lowest BCUT2D eigenvalue weighted by Crippen LogP contribution is -2.19. The molecule has 2 N–H and O–H groups in total. The Bertz CT molecular complexity index is 347. The maximum atomic E-state index is 13.0. The molecule has 3 heteroatoms. The second-order valence-electron chi connectivity index (χ2n) is 4.24. The summed E-state index contributed by atoms with van der Waals surface area (Å²) >= 11 is 5.73. The second kappa shape index (κ2) is 4.50. The van der Waals surface area contributed by atoms with E-state index < -0.39 is 0 Å². The standard InChI is InChI=1S/C12H15ClFN/c13-10-7-9(5-6-11(10)14)12(15)8-3-1-2-4-8/h5-8,12H,1-4,15H2/t12-/m1/s1. The van der Waals surface area contributed by atoms with Crippen LogP contribution in [0.25, 0.3) is 0 Å². The molecule has 0 radical (unpaired) electrons. The molecule has 0 aliphatic heterocycles. The Kier molecular flexibility index (Phi) is 3.27. The van der Waals surface area contributed by atoms with E-state index in [1.165, 1.54) is 31.7 Å². The molecule has 1 nitrogen and oxygen atoms in total. The van der Waals surface area contributed by atoms with Gasteiger partial charge in [0.25, 0.3) is 0 Å². The van der Waals surface area contributed by atoms with Crippen molar-refractivity contribution < 1.29 is 4.39 Å². The molecule has 1 aliphatic carbocycles. The van der Waals surface area contributed by atoms with E-state index in [1.54, 1.807) is 12.1 Å². The topological polar surface area (TPSA) is 26.0 Å². The van der Waals surface area contributed by atoms with Crippen LogP contribution in [-0.4, -0.2) is 0 Å². The summed E-state index contributed by atoms with van der Waals surface area (Å²) in [4.78, 5) is 0. The molecule has 0 aromatic heterocycles. The molecular formula is C12H15ClFN. The summed E-state index contributed by atoms with van der Waals surface area (Å²) in [5, 5.41) is 0.168. The van der Waals surface area contributed by atoms with E-state index in [-0.39, 0.29) is 16.9 Å². The highest BCUT2D eigenvalue weighted by molar-refractivity contribution is 6.30. The fraction of sp³-hybridized carbons (Fsp3) is 0.500. The van der Waals surface area contributed by atoms with E-state index in [4.69, 9.17) is 17.3 Å². The third kappa shape index (κ3) is 2.32. The van der Waals surface area contributed by atoms with Crippen molar-refractivity contribution in [2.24, 2.45) is 11.7 Å². The normalized spacial score (nSPS) is 19.4. The molecule has 0 saturated heterocycles. The first-order chi connectivity index (χ1) is 7.18. The summed E-state index contributed by atoms with van der Waals surface area (Å²) in [6.45, 7) is 0. The zero-order valence-corrected chi connectivity index (χ0v) is 9.30. The minimum Gasteiger partial charge on any atom is -0.324 e. The average molecular weight is 228 g/mol. The summed E-state index contributed by atoms with van der Waals surface area (Å²) in [6, 6.07) is 4.79. The molecule has 1 atom stereocenters. The summed E-state index contributed by atoms with van der Waals surface area (Å²) < 4.78 is 13.0. The molecule has 1 aromatic rings. The average Bonchev–Trinajstić information content (AvgIpc) is 2.74. The van der Waals surface area contributed by atoms with Crippen LogP contribution in [0.3, 0.4) is 0 Å². The minimum absolute atomic E-state index is 0.00519. The van der Waals surface area contributed by atoms with Crippen LogP contribution >= 0.6 is 11.6 Å². The predicted octanol–water partition coefficient (Wildman–Crippen LogP) is 3.67. The van der Waals surface area contributed by atoms with Crippen LogP contribution in [0.2, 0.25) is 5.02 Å². The van der Waals surface area contributed by atoms with Crippen LogP contribution in [0.15, 0.2) is 18.2 Å². The zero-order chi connectivity index (χ0) is 10.8. The van der Waals surface area contributed by atoms with E-state index in [2.05, 4.69) is 0 Å². The lowest BCUT2D eigenvalue weighted by molar-refractivity contribution is 0.444. The number of halogens is 2. The number of benzene rings is 1. The SMILES string of the molecule is N[C@@H](c1ccc(F)c(Cl)c1)C1CCCC1. The van der Waals surface area contributed by atoms with E-state index in [0.29, 0.717) is 5.92 Å². The number of hydrogen-bond donors (Lipinski definition) is 1. The van der Waals surface area contributed by atoms with Crippen LogP contribution < -0.4 is 5.73 Å². The molecule has 82 valence electrons. The van der Waals surface area contributed by atoms with E-state index in [9.17, 15) is 4.39 Å². The molecule has 1 fully saturated rings. The second-order valence-corrected chi connectivity index (χ2v) is 4.65. The first-order valence-corrected chi connectivity index (χ1v) is 5.77. The van der Waals surface area contributed by atoms with Crippen molar-refractivity contribution in [2.75, 3.05) is 0 Å². The Labute approximate surface area is 94.4 Å². The fourth-order valence-corrected chi connectivity index (χ4v) is 2.50. The smallest absolute Gasteiger partial charge is 0.141 e. The lowest BCUT2D eigenvalue weighted by atomic mass is 9.92. The summed E-state index contributed by atoms with van der Waals surface area (Å²) in [7, 11) is 0. The van der Waals surface area contributed by atoms with Crippen molar-refractivity contribution in [3.8, 4) is 0 Å². The van der Waals surface area contributed by atoms with Gasteiger partial charge >= 0.3 is 0 Å². The molecule has 0 spiro atoms. The Morgan fingerprint density at radius 1 is 1.33 bits per heavy atom. The molecule has 0 bridgehead atoms. The predicted molar refractivity (Wildman–Crippen MR) is 60.3 cm³/mol. The van der Waals surface area contributed by atoms with Gasteiger partial charge in [0, 0.05) is 6.04 Å². The van der Waals surface area contributed by atoms with Crippen molar-refractivity contribution in [2.45, 2.75) is 31.7 Å². The number of hydrogen-bond acceptors (Lipinski definition) is 1. The van der Waals surface area contributed by atoms with Crippen molar-refractivity contribution in [1.29, 1.82) is 0 Å². The summed E-state index contributed by atoms with van der Waals surface area (Å²) in [5.74, 6) is 0.158. The van der Waals surface area contributed by atoms with E-state index in [0.717, 1.165) is 5.56 Å². The van der Waals surface area contributed by atoms with Gasteiger partial charge in [-0.15, -0.1) is 0 Å². The van der Waals surface area contributed by atoms with Crippen LogP contribution in [-0.2, 0) is 0 Å². The van der Waals surface area contributed by atoms with Gasteiger partial charge < -0.3 is 5.73 Å². The van der Waals surface area contributed by atoms with Gasteiger partial charge in [0.1, 0.15) is 5.82 Å². The number of nitrogens with two attached hydrogens (primary N) is 1. The minimum atomic E-state index is -0.376. The Morgan fingerprint density at radius 2 is 2.00 bits per heavy atom. The lowest BCUT2D eigenvalue weighted by Gasteiger charge is -2.19. The van der Waals surface area contributed by atoms with Crippen LogP contribution in [0.4, 0.5) is 4.39 Å². The third-order valence-electron chi connectivity index (χ3n) is 3.24. The molecule has 1 aliphatic rings. The monoisotopic (exact) mass is 227 g/mol. The molecule has 15 heavy (non-hydrogen) atoms. The fourth-order valence-electron chi connectivity index (χ4n) is 2.31. The quantitative estimate of drug-likeness (QED) is 0.820. The first kappa shape index (κ1) is 10.9. The molecule has 0 amide bonds. The first-order valence-electron chi connectivity index (χ1n) is 5.39. The van der Waals surface area contributed by atoms with Crippen molar-refractivity contribution in [3.05, 3.63) is 34.6 Å². The van der Waals surface area contributed by atoms with Gasteiger partial charge in [-0.2, -0.15) is 0 Å². The molecule has 0 unspecified atom stereocenters. The maximum absolute atomic E-state index is 13.0. The summed E-state index contributed by atoms with van der Waals surface area (Å²) in [6.07, 6.45) is 4.87. The Hall–Kier alpha value is -0.600. The van der Waals surface area contributed by atoms with Gasteiger partial charge in [-0.3, -0.25) is 0 Å². The van der Waals surface area contributed by atoms with Crippen LogP contribution in [0.1, 0.15) is 37.3 Å². The molecule has 0 heterocycles. The highest BCUT2D eigenvalue weighted by Gasteiger charge is 2.23. The van der Waals surface area contributed by atoms with Gasteiger partial charge in [-0.1, -0.05) is 30.5 Å². The van der Waals surface area contributed by atoms with Gasteiger partial charge in [0.05, 0.1) is 5.02 Å². The molecule has 2 rings (SSSR count). The van der Waals surface area contributed by atoms with Crippen molar-refractivity contribution >= 4 is 11.6 Å². The zero-order valence-electron chi connectivity index (χ0n) is 8.55. The van der Waals surface area contributed by atoms with Gasteiger partial charge in [0.15, 0.2) is 0 Å². The van der Waals surface area contributed by atoms with E-state index in [1.807, 2.05) is 0 Å². The Morgan fingerprint density at radius 3 is 2.60 bits per heavy atom. The van der Waals surface area contributed by atoms with Crippen molar-refractivity contribution in [1.82, 2.24) is 0 Å². The van der Waals surface area contributed by atoms with Crippen LogP contribution in [0.5, 0.6) is 0 Å². The van der Waals surface area contributed by atoms with Crippen LogP contribution in [0, 0.1) is 11.7 Å². The van der Waals surface area contributed by atoms with Gasteiger partial charge in [-0.05, 0) is 36.5 Å².